The number of piperidine rings is 1. The highest BCUT2D eigenvalue weighted by Crippen LogP contribution is 2.42. The van der Waals surface area contributed by atoms with E-state index >= 15 is 0 Å². The van der Waals surface area contributed by atoms with E-state index in [9.17, 15) is 17.6 Å². The Balaban J connectivity index is 1.46. The Bertz CT molecular complexity index is 792. The number of amides is 1. The fraction of sp³-hybridized carbons (Fsp3) is 0.632. The molecule has 4 rings (SSSR count). The molecule has 0 N–H and O–H groups in total. The van der Waals surface area contributed by atoms with Crippen LogP contribution >= 0.6 is 0 Å². The average Bonchev–Trinajstić information content (AvgIpc) is 3.31. The van der Waals surface area contributed by atoms with Crippen LogP contribution in [0.4, 0.5) is 4.39 Å². The van der Waals surface area contributed by atoms with Gasteiger partial charge in [0.15, 0.2) is 0 Å². The summed E-state index contributed by atoms with van der Waals surface area (Å²) < 4.78 is 40.1. The van der Waals surface area contributed by atoms with Crippen molar-refractivity contribution in [3.05, 3.63) is 35.6 Å². The quantitative estimate of drug-likeness (QED) is 0.788. The van der Waals surface area contributed by atoms with Crippen LogP contribution in [0.1, 0.15) is 37.7 Å². The molecule has 1 amide bonds. The molecule has 142 valence electrons. The number of nitrogens with zero attached hydrogens (tertiary/aromatic N) is 2. The number of benzene rings is 1. The second kappa shape index (κ2) is 6.60. The van der Waals surface area contributed by atoms with E-state index in [1.54, 1.807) is 0 Å². The molecular formula is C19H25FN2O3S. The Kier molecular flexibility index (Phi) is 4.55. The maximum Gasteiger partial charge on any atom is 0.230 e. The highest BCUT2D eigenvalue weighted by Gasteiger charge is 2.51. The molecule has 2 saturated heterocycles. The predicted octanol–water partition coefficient (Wildman–Crippen LogP) is 2.38. The van der Waals surface area contributed by atoms with Crippen LogP contribution in [0.15, 0.2) is 24.3 Å². The summed E-state index contributed by atoms with van der Waals surface area (Å²) in [6.07, 6.45) is 4.74. The first-order chi connectivity index (χ1) is 12.4. The van der Waals surface area contributed by atoms with Crippen molar-refractivity contribution in [2.24, 2.45) is 11.3 Å². The van der Waals surface area contributed by atoms with Gasteiger partial charge in [0.2, 0.25) is 15.9 Å². The van der Waals surface area contributed by atoms with Crippen LogP contribution in [0, 0.1) is 17.2 Å². The standard InChI is InChI=1S/C19H25FN2O3S/c20-17-6-4-16(5-7-17)13-26(24,25)22-11-9-19(14-22)8-1-10-21(18(19)23)12-15-2-3-15/h4-7,15H,1-3,8-14H2. The molecule has 26 heavy (non-hydrogen) atoms. The summed E-state index contributed by atoms with van der Waals surface area (Å²) >= 11 is 0. The van der Waals surface area contributed by atoms with E-state index in [-0.39, 0.29) is 24.0 Å². The highest BCUT2D eigenvalue weighted by atomic mass is 32.2. The molecule has 2 aliphatic heterocycles. The molecule has 1 atom stereocenters. The lowest BCUT2D eigenvalue weighted by Crippen LogP contribution is -2.51. The Labute approximate surface area is 154 Å². The number of hydrogen-bond donors (Lipinski definition) is 0. The molecule has 7 heteroatoms. The second-order valence-corrected chi connectivity index (χ2v) is 10.0. The van der Waals surface area contributed by atoms with Crippen molar-refractivity contribution >= 4 is 15.9 Å². The average molecular weight is 380 g/mol. The monoisotopic (exact) mass is 380 g/mol. The van der Waals surface area contributed by atoms with Crippen molar-refractivity contribution in [2.45, 2.75) is 37.9 Å². The van der Waals surface area contributed by atoms with Crippen LogP contribution in [-0.2, 0) is 20.6 Å². The fourth-order valence-corrected chi connectivity index (χ4v) is 5.88. The molecule has 0 aromatic heterocycles. The predicted molar refractivity (Wildman–Crippen MR) is 96.2 cm³/mol. The normalized spacial score (nSPS) is 27.4. The fourth-order valence-electron chi connectivity index (χ4n) is 4.27. The van der Waals surface area contributed by atoms with E-state index in [0.717, 1.165) is 25.9 Å². The van der Waals surface area contributed by atoms with Crippen molar-refractivity contribution in [1.82, 2.24) is 9.21 Å². The lowest BCUT2D eigenvalue weighted by molar-refractivity contribution is -0.145. The number of carbonyl (C=O) groups is 1. The number of hydrogen-bond acceptors (Lipinski definition) is 3. The van der Waals surface area contributed by atoms with Gasteiger partial charge < -0.3 is 4.90 Å². The first-order valence-electron chi connectivity index (χ1n) is 9.40. The van der Waals surface area contributed by atoms with Gasteiger partial charge in [-0.05, 0) is 55.7 Å². The Morgan fingerprint density at radius 2 is 1.85 bits per heavy atom. The molecule has 3 fully saturated rings. The maximum atomic E-state index is 13.0. The van der Waals surface area contributed by atoms with Crippen LogP contribution in [0.3, 0.4) is 0 Å². The number of rotatable bonds is 5. The van der Waals surface area contributed by atoms with Gasteiger partial charge in [-0.25, -0.2) is 17.1 Å². The lowest BCUT2D eigenvalue weighted by atomic mass is 9.78. The smallest absolute Gasteiger partial charge is 0.230 e. The molecule has 1 unspecified atom stereocenters. The largest absolute Gasteiger partial charge is 0.342 e. The molecule has 0 bridgehead atoms. The van der Waals surface area contributed by atoms with Gasteiger partial charge >= 0.3 is 0 Å². The minimum Gasteiger partial charge on any atom is -0.342 e. The van der Waals surface area contributed by atoms with Gasteiger partial charge in [0, 0.05) is 26.2 Å². The zero-order chi connectivity index (χ0) is 18.4. The summed E-state index contributed by atoms with van der Waals surface area (Å²) in [6, 6.07) is 5.55. The van der Waals surface area contributed by atoms with Crippen LogP contribution < -0.4 is 0 Å². The number of likely N-dealkylation sites (tertiary alicyclic amines) is 1. The molecule has 5 nitrogen and oxygen atoms in total. The number of carbonyl (C=O) groups excluding carboxylic acids is 1. The van der Waals surface area contributed by atoms with Crippen LogP contribution in [-0.4, -0.2) is 49.7 Å². The van der Waals surface area contributed by atoms with Gasteiger partial charge in [0.05, 0.1) is 11.2 Å². The van der Waals surface area contributed by atoms with Gasteiger partial charge in [-0.1, -0.05) is 12.1 Å². The van der Waals surface area contributed by atoms with E-state index in [1.165, 1.54) is 41.4 Å². The number of sulfonamides is 1. The second-order valence-electron chi connectivity index (χ2n) is 8.04. The van der Waals surface area contributed by atoms with Gasteiger partial charge in [-0.2, -0.15) is 0 Å². The molecular weight excluding hydrogens is 355 g/mol. The van der Waals surface area contributed by atoms with Crippen molar-refractivity contribution < 1.29 is 17.6 Å². The van der Waals surface area contributed by atoms with Gasteiger partial charge in [0.1, 0.15) is 5.82 Å². The summed E-state index contributed by atoms with van der Waals surface area (Å²) in [5.41, 5.74) is 0.0286. The van der Waals surface area contributed by atoms with Crippen molar-refractivity contribution in [2.75, 3.05) is 26.2 Å². The molecule has 1 aromatic carbocycles. The summed E-state index contributed by atoms with van der Waals surface area (Å²) in [5.74, 6) is 0.266. The topological polar surface area (TPSA) is 57.7 Å². The van der Waals surface area contributed by atoms with Crippen LogP contribution in [0.2, 0.25) is 0 Å². The van der Waals surface area contributed by atoms with Crippen molar-refractivity contribution in [3.8, 4) is 0 Å². The lowest BCUT2D eigenvalue weighted by Gasteiger charge is -2.39. The van der Waals surface area contributed by atoms with E-state index < -0.39 is 15.4 Å². The SMILES string of the molecule is O=C1N(CC2CC2)CCCC12CCN(S(=O)(=O)Cc1ccc(F)cc1)C2. The zero-order valence-electron chi connectivity index (χ0n) is 14.9. The first kappa shape index (κ1) is 17.9. The third-order valence-electron chi connectivity index (χ3n) is 5.97. The molecule has 1 spiro atoms. The Morgan fingerprint density at radius 1 is 1.12 bits per heavy atom. The van der Waals surface area contributed by atoms with E-state index in [1.807, 2.05) is 4.90 Å². The zero-order valence-corrected chi connectivity index (χ0v) is 15.7. The van der Waals surface area contributed by atoms with E-state index in [0.29, 0.717) is 24.4 Å². The molecule has 2 heterocycles. The number of halogens is 1. The Hall–Kier alpha value is -1.47. The first-order valence-corrected chi connectivity index (χ1v) is 11.0. The van der Waals surface area contributed by atoms with E-state index in [2.05, 4.69) is 0 Å². The minimum absolute atomic E-state index is 0.148. The highest BCUT2D eigenvalue weighted by molar-refractivity contribution is 7.88. The molecule has 1 aliphatic carbocycles. The summed E-state index contributed by atoms with van der Waals surface area (Å²) in [6.45, 7) is 2.32. The third-order valence-corrected chi connectivity index (χ3v) is 7.77. The minimum atomic E-state index is -3.51. The molecule has 1 saturated carbocycles. The molecule has 1 aromatic rings. The van der Waals surface area contributed by atoms with E-state index in [4.69, 9.17) is 0 Å². The van der Waals surface area contributed by atoms with Gasteiger partial charge in [-0.15, -0.1) is 0 Å². The Morgan fingerprint density at radius 3 is 2.54 bits per heavy atom. The van der Waals surface area contributed by atoms with Gasteiger partial charge in [0.25, 0.3) is 0 Å². The van der Waals surface area contributed by atoms with Crippen LogP contribution in [0.25, 0.3) is 0 Å². The third kappa shape index (κ3) is 3.51. The summed E-state index contributed by atoms with van der Waals surface area (Å²) in [4.78, 5) is 15.0. The van der Waals surface area contributed by atoms with Crippen molar-refractivity contribution in [1.29, 1.82) is 0 Å². The summed E-state index contributed by atoms with van der Waals surface area (Å²) in [5, 5.41) is 0. The molecule has 0 radical (unpaired) electrons. The maximum absolute atomic E-state index is 13.0. The van der Waals surface area contributed by atoms with Crippen molar-refractivity contribution in [3.63, 3.8) is 0 Å². The molecule has 3 aliphatic rings. The van der Waals surface area contributed by atoms with Crippen LogP contribution in [0.5, 0.6) is 0 Å². The van der Waals surface area contributed by atoms with Gasteiger partial charge in [-0.3, -0.25) is 4.79 Å². The summed E-state index contributed by atoms with van der Waals surface area (Å²) in [7, 11) is -3.51.